The first-order valence-electron chi connectivity index (χ1n) is 8.43. The molecule has 0 amide bonds. The molecule has 136 valence electrons. The average Bonchev–Trinajstić information content (AvgIpc) is 3.08. The highest BCUT2D eigenvalue weighted by atomic mass is 32.1. The number of hydrogen-bond donors (Lipinski definition) is 1. The minimum absolute atomic E-state index is 0.264. The number of ether oxygens (including phenoxy) is 1. The van der Waals surface area contributed by atoms with Crippen LogP contribution in [-0.2, 0) is 13.0 Å². The molecule has 0 aliphatic carbocycles. The lowest BCUT2D eigenvalue weighted by molar-refractivity contribution is 0.281. The number of rotatable bonds is 8. The quantitative estimate of drug-likeness (QED) is 0.577. The van der Waals surface area contributed by atoms with Gasteiger partial charge < -0.3 is 15.0 Å². The van der Waals surface area contributed by atoms with Gasteiger partial charge in [0.25, 0.3) is 0 Å². The Labute approximate surface area is 152 Å². The Hall–Kier alpha value is -2.15. The first-order valence-corrected chi connectivity index (χ1v) is 9.25. The zero-order valence-electron chi connectivity index (χ0n) is 15.0. The summed E-state index contributed by atoms with van der Waals surface area (Å²) >= 11 is 1.70. The third-order valence-electron chi connectivity index (χ3n) is 3.52. The molecule has 0 unspecified atom stereocenters. The van der Waals surface area contributed by atoms with E-state index >= 15 is 0 Å². The number of nitrogens with one attached hydrogen (secondary N) is 1. The van der Waals surface area contributed by atoms with E-state index in [1.165, 1.54) is 17.0 Å². The molecular formula is C18H25FN4OS. The summed E-state index contributed by atoms with van der Waals surface area (Å²) in [5, 5.41) is 4.29. The van der Waals surface area contributed by atoms with Gasteiger partial charge in [-0.05, 0) is 37.6 Å². The Morgan fingerprint density at radius 1 is 1.32 bits per heavy atom. The van der Waals surface area contributed by atoms with E-state index in [0.717, 1.165) is 23.9 Å². The lowest BCUT2D eigenvalue weighted by atomic mass is 10.3. The number of guanidine groups is 1. The fraction of sp³-hybridized carbons (Fsp3) is 0.444. The van der Waals surface area contributed by atoms with Crippen LogP contribution in [0.4, 0.5) is 4.39 Å². The third kappa shape index (κ3) is 6.34. The minimum atomic E-state index is -0.264. The number of hydrogen-bond acceptors (Lipinski definition) is 4. The zero-order valence-corrected chi connectivity index (χ0v) is 15.8. The molecule has 0 atom stereocenters. The van der Waals surface area contributed by atoms with Crippen molar-refractivity contribution in [3.63, 3.8) is 0 Å². The van der Waals surface area contributed by atoms with Crippen LogP contribution in [-0.4, -0.2) is 42.6 Å². The molecule has 1 aromatic heterocycles. The number of aliphatic imine (C=N–C) groups is 1. The fourth-order valence-corrected chi connectivity index (χ4v) is 2.92. The minimum Gasteiger partial charge on any atom is -0.492 e. The first kappa shape index (κ1) is 19.2. The summed E-state index contributed by atoms with van der Waals surface area (Å²) in [6, 6.07) is 6.04. The van der Waals surface area contributed by atoms with Crippen molar-refractivity contribution in [1.82, 2.24) is 15.2 Å². The Morgan fingerprint density at radius 2 is 2.08 bits per heavy atom. The van der Waals surface area contributed by atoms with Crippen LogP contribution in [0.2, 0.25) is 0 Å². The SMILES string of the molecule is CCNC(=NCc1ncc(CC)s1)N(C)CCOc1ccc(F)cc1. The van der Waals surface area contributed by atoms with Crippen molar-refractivity contribution < 1.29 is 9.13 Å². The summed E-state index contributed by atoms with van der Waals surface area (Å²) in [5.74, 6) is 1.21. The highest BCUT2D eigenvalue weighted by molar-refractivity contribution is 7.11. The van der Waals surface area contributed by atoms with Gasteiger partial charge in [0.05, 0.1) is 13.1 Å². The zero-order chi connectivity index (χ0) is 18.1. The normalized spacial score (nSPS) is 11.4. The van der Waals surface area contributed by atoms with Crippen LogP contribution < -0.4 is 10.1 Å². The predicted molar refractivity (Wildman–Crippen MR) is 101 cm³/mol. The Morgan fingerprint density at radius 3 is 2.72 bits per heavy atom. The monoisotopic (exact) mass is 364 g/mol. The molecular weight excluding hydrogens is 339 g/mol. The highest BCUT2D eigenvalue weighted by Gasteiger charge is 2.07. The predicted octanol–water partition coefficient (Wildman–Crippen LogP) is 3.32. The molecule has 0 aliphatic rings. The summed E-state index contributed by atoms with van der Waals surface area (Å²) in [5.41, 5.74) is 0. The second-order valence-corrected chi connectivity index (χ2v) is 6.67. The second-order valence-electron chi connectivity index (χ2n) is 5.47. The van der Waals surface area contributed by atoms with Gasteiger partial charge in [-0.2, -0.15) is 0 Å². The Balaban J connectivity index is 1.86. The van der Waals surface area contributed by atoms with E-state index in [-0.39, 0.29) is 5.82 Å². The molecule has 0 saturated carbocycles. The molecule has 0 fully saturated rings. The molecule has 0 bridgehead atoms. The maximum atomic E-state index is 12.9. The van der Waals surface area contributed by atoms with Gasteiger partial charge in [-0.25, -0.2) is 14.4 Å². The summed E-state index contributed by atoms with van der Waals surface area (Å²) in [6.07, 6.45) is 2.92. The standard InChI is InChI=1S/C18H25FN4OS/c1-4-16-12-21-17(25-16)13-22-18(20-5-2)23(3)10-11-24-15-8-6-14(19)7-9-15/h6-9,12H,4-5,10-11,13H2,1-3H3,(H,20,22). The van der Waals surface area contributed by atoms with Gasteiger partial charge >= 0.3 is 0 Å². The lowest BCUT2D eigenvalue weighted by Gasteiger charge is -2.22. The Kier molecular flexibility index (Phi) is 7.66. The molecule has 1 aromatic carbocycles. The molecule has 25 heavy (non-hydrogen) atoms. The summed E-state index contributed by atoms with van der Waals surface area (Å²) in [7, 11) is 1.97. The van der Waals surface area contributed by atoms with Crippen molar-refractivity contribution in [2.24, 2.45) is 4.99 Å². The number of likely N-dealkylation sites (N-methyl/N-ethyl adjacent to an activating group) is 1. The molecule has 0 spiro atoms. The van der Waals surface area contributed by atoms with Crippen molar-refractivity contribution in [3.05, 3.63) is 46.2 Å². The number of thiazole rings is 1. The van der Waals surface area contributed by atoms with Crippen molar-refractivity contribution in [3.8, 4) is 5.75 Å². The van der Waals surface area contributed by atoms with Crippen LogP contribution in [0.25, 0.3) is 0 Å². The van der Waals surface area contributed by atoms with Crippen molar-refractivity contribution in [1.29, 1.82) is 0 Å². The molecule has 7 heteroatoms. The van der Waals surface area contributed by atoms with Gasteiger partial charge in [-0.15, -0.1) is 11.3 Å². The van der Waals surface area contributed by atoms with Gasteiger partial charge in [-0.3, -0.25) is 0 Å². The summed E-state index contributed by atoms with van der Waals surface area (Å²) in [6.45, 7) is 6.68. The van der Waals surface area contributed by atoms with E-state index in [0.29, 0.717) is 25.4 Å². The van der Waals surface area contributed by atoms with Gasteiger partial charge in [0, 0.05) is 24.7 Å². The molecule has 2 aromatic rings. The molecule has 2 rings (SSSR count). The molecule has 0 aliphatic heterocycles. The number of benzene rings is 1. The van der Waals surface area contributed by atoms with Gasteiger partial charge in [0.1, 0.15) is 23.2 Å². The second kappa shape index (κ2) is 9.98. The Bertz CT molecular complexity index is 672. The average molecular weight is 364 g/mol. The lowest BCUT2D eigenvalue weighted by Crippen LogP contribution is -2.40. The van der Waals surface area contributed by atoms with Gasteiger partial charge in [0.2, 0.25) is 0 Å². The number of aromatic nitrogens is 1. The van der Waals surface area contributed by atoms with E-state index in [1.807, 2.05) is 25.1 Å². The van der Waals surface area contributed by atoms with E-state index in [1.54, 1.807) is 23.5 Å². The third-order valence-corrected chi connectivity index (χ3v) is 4.65. The molecule has 0 saturated heterocycles. The highest BCUT2D eigenvalue weighted by Crippen LogP contribution is 2.14. The van der Waals surface area contributed by atoms with Crippen LogP contribution in [0, 0.1) is 5.82 Å². The number of halogens is 1. The van der Waals surface area contributed by atoms with Crippen molar-refractivity contribution in [2.75, 3.05) is 26.7 Å². The summed E-state index contributed by atoms with van der Waals surface area (Å²) in [4.78, 5) is 12.3. The number of nitrogens with zero attached hydrogens (tertiary/aromatic N) is 3. The van der Waals surface area contributed by atoms with Crippen LogP contribution in [0.15, 0.2) is 35.5 Å². The largest absolute Gasteiger partial charge is 0.492 e. The fourth-order valence-electron chi connectivity index (χ4n) is 2.13. The van der Waals surface area contributed by atoms with Crippen LogP contribution in [0.3, 0.4) is 0 Å². The van der Waals surface area contributed by atoms with E-state index < -0.39 is 0 Å². The van der Waals surface area contributed by atoms with Gasteiger partial charge in [0.15, 0.2) is 5.96 Å². The summed E-state index contributed by atoms with van der Waals surface area (Å²) < 4.78 is 18.5. The van der Waals surface area contributed by atoms with E-state index in [9.17, 15) is 4.39 Å². The molecule has 1 heterocycles. The molecule has 0 radical (unpaired) electrons. The van der Waals surface area contributed by atoms with E-state index in [2.05, 4.69) is 22.2 Å². The topological polar surface area (TPSA) is 49.8 Å². The van der Waals surface area contributed by atoms with Crippen LogP contribution >= 0.6 is 11.3 Å². The first-order chi connectivity index (χ1) is 12.1. The van der Waals surface area contributed by atoms with E-state index in [4.69, 9.17) is 4.74 Å². The smallest absolute Gasteiger partial charge is 0.194 e. The maximum absolute atomic E-state index is 12.9. The molecule has 1 N–H and O–H groups in total. The van der Waals surface area contributed by atoms with Crippen molar-refractivity contribution >= 4 is 17.3 Å². The molecule has 5 nitrogen and oxygen atoms in total. The van der Waals surface area contributed by atoms with Crippen LogP contribution in [0.5, 0.6) is 5.75 Å². The maximum Gasteiger partial charge on any atom is 0.194 e. The van der Waals surface area contributed by atoms with Crippen molar-refractivity contribution in [2.45, 2.75) is 26.8 Å². The number of aryl methyl sites for hydroxylation is 1. The van der Waals surface area contributed by atoms with Gasteiger partial charge in [-0.1, -0.05) is 6.92 Å². The van der Waals surface area contributed by atoms with Crippen LogP contribution in [0.1, 0.15) is 23.7 Å².